The Morgan fingerprint density at radius 3 is 2.57 bits per heavy atom. The van der Waals surface area contributed by atoms with Gasteiger partial charge in [-0.3, -0.25) is 4.21 Å². The molecule has 0 radical (unpaired) electrons. The Labute approximate surface area is 213 Å². The van der Waals surface area contributed by atoms with Crippen molar-refractivity contribution >= 4 is 39.2 Å². The summed E-state index contributed by atoms with van der Waals surface area (Å²) in [6, 6.07) is 8.31. The Morgan fingerprint density at radius 1 is 1.05 bits per heavy atom. The number of fused-ring (bicyclic) bond motifs is 2. The molecule has 0 saturated carbocycles. The zero-order valence-corrected chi connectivity index (χ0v) is 20.7. The van der Waals surface area contributed by atoms with Crippen molar-refractivity contribution in [2.75, 3.05) is 35.7 Å². The number of piperidine rings is 1. The Morgan fingerprint density at radius 2 is 1.86 bits per heavy atom. The van der Waals surface area contributed by atoms with Gasteiger partial charge in [0.15, 0.2) is 5.82 Å². The lowest BCUT2D eigenvalue weighted by Gasteiger charge is -2.32. The van der Waals surface area contributed by atoms with Gasteiger partial charge in [-0.05, 0) is 55.2 Å². The summed E-state index contributed by atoms with van der Waals surface area (Å²) in [6.07, 6.45) is 1.97. The summed E-state index contributed by atoms with van der Waals surface area (Å²) in [5.41, 5.74) is 3.34. The molecule has 0 amide bonds. The van der Waals surface area contributed by atoms with Crippen molar-refractivity contribution < 1.29 is 21.9 Å². The van der Waals surface area contributed by atoms with E-state index in [4.69, 9.17) is 4.52 Å². The molecule has 2 aliphatic heterocycles. The van der Waals surface area contributed by atoms with Gasteiger partial charge < -0.3 is 14.3 Å². The Hall–Kier alpha value is -3.54. The summed E-state index contributed by atoms with van der Waals surface area (Å²) in [6.45, 7) is 1.99. The van der Waals surface area contributed by atoms with Crippen LogP contribution in [0.1, 0.15) is 35.6 Å². The van der Waals surface area contributed by atoms with Crippen LogP contribution < -0.4 is 9.80 Å². The molecule has 5 heterocycles. The fraction of sp³-hybridized carbons (Fsp3) is 0.360. The van der Waals surface area contributed by atoms with E-state index < -0.39 is 22.5 Å². The van der Waals surface area contributed by atoms with E-state index >= 15 is 0 Å². The molecule has 37 heavy (non-hydrogen) atoms. The Kier molecular flexibility index (Phi) is 5.85. The van der Waals surface area contributed by atoms with E-state index in [9.17, 15) is 17.4 Å². The van der Waals surface area contributed by atoms with Crippen molar-refractivity contribution in [3.63, 3.8) is 0 Å². The molecule has 192 valence electrons. The number of hydrogen-bond acceptors (Lipinski definition) is 8. The zero-order chi connectivity index (χ0) is 25.7. The predicted octanol–water partition coefficient (Wildman–Crippen LogP) is 4.85. The van der Waals surface area contributed by atoms with Gasteiger partial charge >= 0.3 is 6.18 Å². The number of halogens is 3. The lowest BCUT2D eigenvalue weighted by atomic mass is 9.93. The number of benzene rings is 1. The van der Waals surface area contributed by atoms with Crippen LogP contribution in [-0.2, 0) is 23.4 Å². The molecular formula is C25H23F3N6O2S. The van der Waals surface area contributed by atoms with Crippen LogP contribution in [0.5, 0.6) is 0 Å². The van der Waals surface area contributed by atoms with Crippen molar-refractivity contribution in [3.8, 4) is 0 Å². The molecule has 0 aliphatic carbocycles. The van der Waals surface area contributed by atoms with Gasteiger partial charge in [0.1, 0.15) is 23.4 Å². The first-order chi connectivity index (χ1) is 17.8. The molecule has 0 N–H and O–H groups in total. The van der Waals surface area contributed by atoms with Crippen molar-refractivity contribution in [1.29, 1.82) is 0 Å². The molecule has 1 unspecified atom stereocenters. The van der Waals surface area contributed by atoms with Crippen molar-refractivity contribution in [2.24, 2.45) is 0 Å². The molecule has 0 spiro atoms. The largest absolute Gasteiger partial charge is 0.417 e. The second-order valence-electron chi connectivity index (χ2n) is 9.25. The minimum atomic E-state index is -4.40. The highest BCUT2D eigenvalue weighted by atomic mass is 32.2. The number of pyridine rings is 1. The van der Waals surface area contributed by atoms with E-state index in [-0.39, 0.29) is 5.92 Å². The second-order valence-corrected chi connectivity index (χ2v) is 10.6. The molecule has 1 fully saturated rings. The molecule has 4 aromatic rings. The molecule has 3 aromatic heterocycles. The number of rotatable bonds is 4. The van der Waals surface area contributed by atoms with Crippen LogP contribution in [0.2, 0.25) is 0 Å². The SMILES string of the molecule is CS(=O)c1ccc2c(c1)CCN2c1ncnc2c(C3CCN(c4ccc(C(F)(F)F)cn4)CC3)noc12. The number of nitrogens with zero attached hydrogens (tertiary/aromatic N) is 6. The monoisotopic (exact) mass is 528 g/mol. The van der Waals surface area contributed by atoms with Crippen LogP contribution in [-0.4, -0.2) is 50.2 Å². The van der Waals surface area contributed by atoms with Gasteiger partial charge in [0, 0.05) is 59.4 Å². The molecule has 0 bridgehead atoms. The van der Waals surface area contributed by atoms with Crippen molar-refractivity contribution in [1.82, 2.24) is 20.1 Å². The zero-order valence-electron chi connectivity index (χ0n) is 19.9. The summed E-state index contributed by atoms with van der Waals surface area (Å²) < 4.78 is 56.2. The molecule has 1 saturated heterocycles. The maximum absolute atomic E-state index is 12.8. The highest BCUT2D eigenvalue weighted by molar-refractivity contribution is 7.84. The van der Waals surface area contributed by atoms with Crippen LogP contribution in [0.15, 0.2) is 52.3 Å². The standard InChI is InChI=1S/C25H23F3N6O2S/c1-37(35)18-3-4-19-16(12-18)8-11-34(19)24-23-22(30-14-31-24)21(32-36-23)15-6-9-33(10-7-15)20-5-2-17(13-29-20)25(26,27)28/h2-5,12-15H,6-11H2,1H3. The summed E-state index contributed by atoms with van der Waals surface area (Å²) >= 11 is 0. The smallest absolute Gasteiger partial charge is 0.357 e. The number of alkyl halides is 3. The van der Waals surface area contributed by atoms with E-state index in [1.54, 1.807) is 6.26 Å². The lowest BCUT2D eigenvalue weighted by molar-refractivity contribution is -0.137. The number of aromatic nitrogens is 4. The summed E-state index contributed by atoms with van der Waals surface area (Å²) in [7, 11) is -1.04. The Balaban J connectivity index is 1.21. The normalized spacial score (nSPS) is 17.4. The van der Waals surface area contributed by atoms with Gasteiger partial charge in [0.2, 0.25) is 5.58 Å². The molecular weight excluding hydrogens is 505 g/mol. The summed E-state index contributed by atoms with van der Waals surface area (Å²) in [5.74, 6) is 1.28. The minimum absolute atomic E-state index is 0.0997. The first-order valence-electron chi connectivity index (χ1n) is 11.9. The second kappa shape index (κ2) is 9.09. The van der Waals surface area contributed by atoms with E-state index in [1.165, 1.54) is 12.4 Å². The van der Waals surface area contributed by atoms with E-state index in [2.05, 4.69) is 25.0 Å². The van der Waals surface area contributed by atoms with Gasteiger partial charge in [-0.15, -0.1) is 0 Å². The number of anilines is 3. The summed E-state index contributed by atoms with van der Waals surface area (Å²) in [5, 5.41) is 4.38. The fourth-order valence-electron chi connectivity index (χ4n) is 5.13. The maximum Gasteiger partial charge on any atom is 0.417 e. The molecule has 6 rings (SSSR count). The van der Waals surface area contributed by atoms with E-state index in [0.29, 0.717) is 35.8 Å². The van der Waals surface area contributed by atoms with Crippen LogP contribution in [0.3, 0.4) is 0 Å². The highest BCUT2D eigenvalue weighted by Crippen LogP contribution is 2.40. The van der Waals surface area contributed by atoms with Gasteiger partial charge in [-0.1, -0.05) is 5.16 Å². The molecule has 1 atom stereocenters. The maximum atomic E-state index is 12.8. The van der Waals surface area contributed by atoms with Gasteiger partial charge in [0.05, 0.1) is 5.56 Å². The average molecular weight is 529 g/mol. The third-order valence-corrected chi connectivity index (χ3v) is 8.00. The first-order valence-corrected chi connectivity index (χ1v) is 13.5. The summed E-state index contributed by atoms with van der Waals surface area (Å²) in [4.78, 5) is 17.9. The quantitative estimate of drug-likeness (QED) is 0.372. The fourth-order valence-corrected chi connectivity index (χ4v) is 5.70. The topological polar surface area (TPSA) is 88.3 Å². The van der Waals surface area contributed by atoms with Gasteiger partial charge in [-0.2, -0.15) is 13.2 Å². The van der Waals surface area contributed by atoms with Crippen molar-refractivity contribution in [3.05, 3.63) is 59.7 Å². The highest BCUT2D eigenvalue weighted by Gasteiger charge is 2.32. The third kappa shape index (κ3) is 4.32. The van der Waals surface area contributed by atoms with Gasteiger partial charge in [0.25, 0.3) is 0 Å². The first kappa shape index (κ1) is 23.8. The van der Waals surface area contributed by atoms with E-state index in [0.717, 1.165) is 59.9 Å². The molecule has 1 aromatic carbocycles. The lowest BCUT2D eigenvalue weighted by Crippen LogP contribution is -2.33. The van der Waals surface area contributed by atoms with Crippen molar-refractivity contribution in [2.45, 2.75) is 36.3 Å². The predicted molar refractivity (Wildman–Crippen MR) is 133 cm³/mol. The molecule has 12 heteroatoms. The molecule has 8 nitrogen and oxygen atoms in total. The van der Waals surface area contributed by atoms with Crippen LogP contribution in [0.4, 0.5) is 30.5 Å². The Bertz CT molecular complexity index is 1480. The molecule has 2 aliphatic rings. The average Bonchev–Trinajstić information content (AvgIpc) is 3.52. The van der Waals surface area contributed by atoms with Crippen LogP contribution in [0.25, 0.3) is 11.1 Å². The van der Waals surface area contributed by atoms with E-state index in [1.807, 2.05) is 23.1 Å². The van der Waals surface area contributed by atoms with Crippen LogP contribution in [0, 0.1) is 0 Å². The minimum Gasteiger partial charge on any atom is -0.357 e. The number of hydrogen-bond donors (Lipinski definition) is 0. The third-order valence-electron chi connectivity index (χ3n) is 7.08. The van der Waals surface area contributed by atoms with Gasteiger partial charge in [-0.25, -0.2) is 15.0 Å². The van der Waals surface area contributed by atoms with Crippen LogP contribution >= 0.6 is 0 Å².